The predicted octanol–water partition coefficient (Wildman–Crippen LogP) is 2.64. The molecule has 0 radical (unpaired) electrons. The van der Waals surface area contributed by atoms with E-state index in [0.29, 0.717) is 11.8 Å². The van der Waals surface area contributed by atoms with Crippen molar-refractivity contribution in [1.82, 2.24) is 14.7 Å². The monoisotopic (exact) mass is 318 g/mol. The van der Waals surface area contributed by atoms with E-state index in [-0.39, 0.29) is 0 Å². The van der Waals surface area contributed by atoms with Crippen LogP contribution in [0.3, 0.4) is 0 Å². The molecule has 0 saturated carbocycles. The van der Waals surface area contributed by atoms with E-state index in [4.69, 9.17) is 5.73 Å². The fourth-order valence-electron chi connectivity index (χ4n) is 2.15. The van der Waals surface area contributed by atoms with Gasteiger partial charge in [0.25, 0.3) is 0 Å². The zero-order valence-corrected chi connectivity index (χ0v) is 13.8. The maximum Gasteiger partial charge on any atom is 0.228 e. The Hall–Kier alpha value is -2.02. The molecule has 2 rings (SSSR count). The lowest BCUT2D eigenvalue weighted by Crippen LogP contribution is -2.17. The van der Waals surface area contributed by atoms with Gasteiger partial charge in [0.15, 0.2) is 0 Å². The number of nitrogens with two attached hydrogens (primary N) is 1. The molecule has 1 aromatic heterocycles. The molecule has 0 unspecified atom stereocenters. The molecule has 22 heavy (non-hydrogen) atoms. The second-order valence-electron chi connectivity index (χ2n) is 5.10. The van der Waals surface area contributed by atoms with Crippen LogP contribution in [-0.2, 0) is 0 Å². The van der Waals surface area contributed by atoms with E-state index in [0.717, 1.165) is 47.8 Å². The second-order valence-corrected chi connectivity index (χ2v) is 5.95. The van der Waals surface area contributed by atoms with Crippen LogP contribution < -0.4 is 15.8 Å². The lowest BCUT2D eigenvalue weighted by atomic mass is 10.1. The van der Waals surface area contributed by atoms with Crippen molar-refractivity contribution in [3.63, 3.8) is 0 Å². The first-order valence-electron chi connectivity index (χ1n) is 7.25. The maximum absolute atomic E-state index is 5.70. The summed E-state index contributed by atoms with van der Waals surface area (Å²) in [5.74, 6) is 1.13. The van der Waals surface area contributed by atoms with E-state index in [1.165, 1.54) is 11.9 Å². The summed E-state index contributed by atoms with van der Waals surface area (Å²) in [6.07, 6.45) is 4.87. The molecule has 4 N–H and O–H groups in total. The molecule has 118 valence electrons. The number of nitrogens with one attached hydrogen (secondary N) is 2. The summed E-state index contributed by atoms with van der Waals surface area (Å²) in [4.78, 5) is 14.1. The van der Waals surface area contributed by atoms with Gasteiger partial charge in [-0.3, -0.25) is 4.99 Å². The highest BCUT2D eigenvalue weighted by Crippen LogP contribution is 2.20. The van der Waals surface area contributed by atoms with Gasteiger partial charge < -0.3 is 15.8 Å². The van der Waals surface area contributed by atoms with Gasteiger partial charge in [-0.25, -0.2) is 9.97 Å². The zero-order chi connectivity index (χ0) is 15.9. The number of aliphatic imine (C=N–C) groups is 1. The van der Waals surface area contributed by atoms with Crippen molar-refractivity contribution in [3.8, 4) is 0 Å². The molecule has 0 saturated heterocycles. The topological polar surface area (TPSA) is 88.2 Å². The molecule has 0 fully saturated rings. The lowest BCUT2D eigenvalue weighted by Gasteiger charge is -2.16. The Bertz CT molecular complexity index is 588. The number of allylic oxidation sites excluding steroid dienone is 1. The first-order valence-corrected chi connectivity index (χ1v) is 8.07. The smallest absolute Gasteiger partial charge is 0.228 e. The number of aryl methyl sites for hydroxylation is 2. The van der Waals surface area contributed by atoms with Crippen LogP contribution in [0.4, 0.5) is 5.95 Å². The van der Waals surface area contributed by atoms with Crippen molar-refractivity contribution in [2.24, 2.45) is 10.7 Å². The van der Waals surface area contributed by atoms with Gasteiger partial charge >= 0.3 is 0 Å². The first kappa shape index (κ1) is 16.4. The average Bonchev–Trinajstić information content (AvgIpc) is 2.48. The molecule has 0 amide bonds. The van der Waals surface area contributed by atoms with E-state index in [1.54, 1.807) is 6.20 Å². The van der Waals surface area contributed by atoms with Gasteiger partial charge in [0, 0.05) is 24.1 Å². The highest BCUT2D eigenvalue weighted by molar-refractivity contribution is 8.02. The van der Waals surface area contributed by atoms with Gasteiger partial charge in [-0.2, -0.15) is 0 Å². The molecular weight excluding hydrogens is 296 g/mol. The van der Waals surface area contributed by atoms with Crippen LogP contribution in [0.1, 0.15) is 30.7 Å². The minimum absolute atomic E-state index is 0.531. The highest BCUT2D eigenvalue weighted by Gasteiger charge is 2.11. The Balaban J connectivity index is 1.90. The quantitative estimate of drug-likeness (QED) is 0.699. The second kappa shape index (κ2) is 7.84. The van der Waals surface area contributed by atoms with Crippen LogP contribution in [0.25, 0.3) is 0 Å². The third-order valence-electron chi connectivity index (χ3n) is 3.09. The van der Waals surface area contributed by atoms with Gasteiger partial charge in [-0.1, -0.05) is 6.58 Å². The Labute approximate surface area is 135 Å². The summed E-state index contributed by atoms with van der Waals surface area (Å²) >= 11 is 1.40. The van der Waals surface area contributed by atoms with E-state index >= 15 is 0 Å². The molecule has 1 aliphatic rings. The van der Waals surface area contributed by atoms with Gasteiger partial charge in [0.1, 0.15) is 5.82 Å². The third-order valence-corrected chi connectivity index (χ3v) is 4.03. The Morgan fingerprint density at radius 3 is 2.64 bits per heavy atom. The van der Waals surface area contributed by atoms with Crippen molar-refractivity contribution in [3.05, 3.63) is 41.0 Å². The Morgan fingerprint density at radius 1 is 1.32 bits per heavy atom. The first-order chi connectivity index (χ1) is 10.6. The highest BCUT2D eigenvalue weighted by atomic mass is 32.2. The third kappa shape index (κ3) is 4.77. The minimum Gasteiger partial charge on any atom is -0.404 e. The van der Waals surface area contributed by atoms with E-state index in [9.17, 15) is 0 Å². The SMILES string of the molecule is C=C(NSC(=CN)C1=NCCCC1)Nc1nc(C)cc(C)n1. The normalized spacial score (nSPS) is 15.2. The summed E-state index contributed by atoms with van der Waals surface area (Å²) in [6.45, 7) is 8.67. The molecule has 2 heterocycles. The maximum atomic E-state index is 5.70. The minimum atomic E-state index is 0.531. The molecule has 6 nitrogen and oxygen atoms in total. The van der Waals surface area contributed by atoms with Crippen LogP contribution in [0, 0.1) is 13.8 Å². The molecule has 0 bridgehead atoms. The van der Waals surface area contributed by atoms with Crippen molar-refractivity contribution in [2.75, 3.05) is 11.9 Å². The van der Waals surface area contributed by atoms with Crippen LogP contribution in [0.2, 0.25) is 0 Å². The average molecular weight is 318 g/mol. The number of hydrogen-bond acceptors (Lipinski definition) is 7. The molecular formula is C15H22N6S. The largest absolute Gasteiger partial charge is 0.404 e. The van der Waals surface area contributed by atoms with Crippen LogP contribution in [0.15, 0.2) is 34.6 Å². The van der Waals surface area contributed by atoms with Crippen LogP contribution in [0.5, 0.6) is 0 Å². The molecule has 0 spiro atoms. The zero-order valence-electron chi connectivity index (χ0n) is 13.0. The Kier molecular flexibility index (Phi) is 5.83. The predicted molar refractivity (Wildman–Crippen MR) is 93.4 cm³/mol. The molecule has 0 aliphatic carbocycles. The van der Waals surface area contributed by atoms with E-state index in [1.807, 2.05) is 19.9 Å². The fraction of sp³-hybridized carbons (Fsp3) is 0.400. The summed E-state index contributed by atoms with van der Waals surface area (Å²) in [5.41, 5.74) is 8.58. The molecule has 0 atom stereocenters. The van der Waals surface area contributed by atoms with Crippen LogP contribution >= 0.6 is 11.9 Å². The van der Waals surface area contributed by atoms with Gasteiger partial charge in [-0.05, 0) is 51.1 Å². The van der Waals surface area contributed by atoms with E-state index in [2.05, 4.69) is 31.6 Å². The summed E-state index contributed by atoms with van der Waals surface area (Å²) in [6, 6.07) is 1.92. The number of rotatable bonds is 6. The number of anilines is 1. The number of aromatic nitrogens is 2. The van der Waals surface area contributed by atoms with Crippen molar-refractivity contribution in [1.29, 1.82) is 0 Å². The van der Waals surface area contributed by atoms with Crippen molar-refractivity contribution < 1.29 is 0 Å². The summed E-state index contributed by atoms with van der Waals surface area (Å²) < 4.78 is 3.12. The molecule has 0 aromatic carbocycles. The Morgan fingerprint density at radius 2 is 2.05 bits per heavy atom. The molecule has 1 aromatic rings. The number of nitrogens with zero attached hydrogens (tertiary/aromatic N) is 3. The summed E-state index contributed by atoms with van der Waals surface area (Å²) in [5, 5.41) is 3.05. The van der Waals surface area contributed by atoms with Gasteiger partial charge in [0.05, 0.1) is 10.6 Å². The molecule has 7 heteroatoms. The van der Waals surface area contributed by atoms with Gasteiger partial charge in [-0.15, -0.1) is 0 Å². The van der Waals surface area contributed by atoms with Crippen molar-refractivity contribution >= 4 is 23.6 Å². The summed E-state index contributed by atoms with van der Waals surface area (Å²) in [7, 11) is 0. The van der Waals surface area contributed by atoms with Crippen molar-refractivity contribution in [2.45, 2.75) is 33.1 Å². The van der Waals surface area contributed by atoms with Crippen LogP contribution in [-0.4, -0.2) is 22.2 Å². The number of hydrogen-bond donors (Lipinski definition) is 3. The standard InChI is InChI=1S/C15H22N6S/c1-10-8-11(2)19-15(18-10)20-12(3)21-22-14(9-16)13-6-4-5-7-17-13/h8-9,21H,3-7,16H2,1-2H3,(H,18,19,20). The lowest BCUT2D eigenvalue weighted by molar-refractivity contribution is 0.739. The fourth-order valence-corrected chi connectivity index (χ4v) is 2.78. The molecule has 1 aliphatic heterocycles. The van der Waals surface area contributed by atoms with E-state index < -0.39 is 0 Å². The van der Waals surface area contributed by atoms with Gasteiger partial charge in [0.2, 0.25) is 5.95 Å².